The molecule has 5 heteroatoms. The average Bonchev–Trinajstić information content (AvgIpc) is 2.86. The van der Waals surface area contributed by atoms with E-state index in [9.17, 15) is 9.90 Å². The number of ether oxygens (including phenoxy) is 1. The number of hydrogen-bond acceptors (Lipinski definition) is 3. The lowest BCUT2D eigenvalue weighted by molar-refractivity contribution is 0.0661. The van der Waals surface area contributed by atoms with Crippen LogP contribution >= 0.6 is 11.6 Å². The molecule has 1 aromatic heterocycles. The highest BCUT2D eigenvalue weighted by atomic mass is 35.5. The second-order valence-corrected chi connectivity index (χ2v) is 4.89. The van der Waals surface area contributed by atoms with Crippen LogP contribution in [0.3, 0.4) is 0 Å². The molecule has 0 bridgehead atoms. The second kappa shape index (κ2) is 5.50. The minimum atomic E-state index is -1.11. The van der Waals surface area contributed by atoms with E-state index in [2.05, 4.69) is 0 Å². The van der Waals surface area contributed by atoms with Gasteiger partial charge >= 0.3 is 5.97 Å². The molecule has 1 N–H and O–H groups in total. The molecular formula is C16H11ClO4. The maximum atomic E-state index is 11.3. The summed E-state index contributed by atoms with van der Waals surface area (Å²) in [5.41, 5.74) is 1.05. The van der Waals surface area contributed by atoms with Crippen LogP contribution < -0.4 is 4.74 Å². The summed E-state index contributed by atoms with van der Waals surface area (Å²) in [6.07, 6.45) is 0. The summed E-state index contributed by atoms with van der Waals surface area (Å²) in [4.78, 5) is 11.3. The maximum absolute atomic E-state index is 11.3. The van der Waals surface area contributed by atoms with Gasteiger partial charge in [-0.05, 0) is 30.3 Å². The van der Waals surface area contributed by atoms with Crippen LogP contribution in [-0.2, 0) is 6.61 Å². The molecule has 4 nitrogen and oxygen atoms in total. The van der Waals surface area contributed by atoms with Crippen molar-refractivity contribution in [2.75, 3.05) is 0 Å². The smallest absolute Gasteiger partial charge is 0.372 e. The van der Waals surface area contributed by atoms with Crippen LogP contribution in [0.1, 0.15) is 16.1 Å². The van der Waals surface area contributed by atoms with Crippen molar-refractivity contribution in [3.63, 3.8) is 0 Å². The van der Waals surface area contributed by atoms with E-state index in [1.165, 1.54) is 0 Å². The summed E-state index contributed by atoms with van der Waals surface area (Å²) < 4.78 is 11.0. The van der Waals surface area contributed by atoms with Gasteiger partial charge in [0.25, 0.3) is 0 Å². The lowest BCUT2D eigenvalue weighted by Gasteiger charge is -2.05. The van der Waals surface area contributed by atoms with Crippen LogP contribution in [-0.4, -0.2) is 11.1 Å². The normalized spacial score (nSPS) is 10.7. The van der Waals surface area contributed by atoms with E-state index in [1.807, 2.05) is 12.1 Å². The summed E-state index contributed by atoms with van der Waals surface area (Å²) in [6, 6.07) is 14.0. The van der Waals surface area contributed by atoms with Gasteiger partial charge in [-0.15, -0.1) is 0 Å². The van der Waals surface area contributed by atoms with Crippen LogP contribution in [0.2, 0.25) is 5.02 Å². The van der Waals surface area contributed by atoms with Crippen LogP contribution in [0.25, 0.3) is 11.0 Å². The van der Waals surface area contributed by atoms with Gasteiger partial charge in [0.2, 0.25) is 5.76 Å². The molecule has 1 heterocycles. The molecule has 2 aromatic carbocycles. The van der Waals surface area contributed by atoms with Crippen LogP contribution in [0, 0.1) is 0 Å². The lowest BCUT2D eigenvalue weighted by atomic mass is 10.1. The highest BCUT2D eigenvalue weighted by molar-refractivity contribution is 6.30. The first-order chi connectivity index (χ1) is 10.1. The lowest BCUT2D eigenvalue weighted by Crippen LogP contribution is -2.02. The number of carboxylic acids is 1. The Hall–Kier alpha value is -2.46. The van der Waals surface area contributed by atoms with Crippen molar-refractivity contribution >= 4 is 28.5 Å². The second-order valence-electron chi connectivity index (χ2n) is 4.45. The number of carboxylic acid groups (broad SMARTS) is 1. The van der Waals surface area contributed by atoms with E-state index < -0.39 is 5.97 Å². The van der Waals surface area contributed by atoms with Gasteiger partial charge in [-0.3, -0.25) is 0 Å². The zero-order chi connectivity index (χ0) is 14.8. The Labute approximate surface area is 125 Å². The molecule has 0 unspecified atom stereocenters. The number of halogens is 1. The number of para-hydroxylation sites is 1. The first kappa shape index (κ1) is 13.5. The summed E-state index contributed by atoms with van der Waals surface area (Å²) in [5.74, 6) is -0.591. The van der Waals surface area contributed by atoms with E-state index in [-0.39, 0.29) is 12.4 Å². The zero-order valence-corrected chi connectivity index (χ0v) is 11.6. The van der Waals surface area contributed by atoms with Crippen molar-refractivity contribution in [3.8, 4) is 5.75 Å². The summed E-state index contributed by atoms with van der Waals surface area (Å²) in [6.45, 7) is 0.111. The number of aromatic carboxylic acids is 1. The van der Waals surface area contributed by atoms with Gasteiger partial charge in [-0.25, -0.2) is 4.79 Å². The third-order valence-corrected chi connectivity index (χ3v) is 3.34. The number of hydrogen-bond donors (Lipinski definition) is 1. The predicted molar refractivity (Wildman–Crippen MR) is 79.0 cm³/mol. The Morgan fingerprint density at radius 3 is 2.57 bits per heavy atom. The molecule has 106 valence electrons. The molecule has 3 aromatic rings. The van der Waals surface area contributed by atoms with Crippen molar-refractivity contribution in [2.45, 2.75) is 6.61 Å². The zero-order valence-electron chi connectivity index (χ0n) is 10.9. The van der Waals surface area contributed by atoms with Crippen LogP contribution in [0.5, 0.6) is 5.75 Å². The highest BCUT2D eigenvalue weighted by Crippen LogP contribution is 2.27. The Kier molecular flexibility index (Phi) is 3.54. The van der Waals surface area contributed by atoms with Crippen molar-refractivity contribution in [3.05, 3.63) is 64.9 Å². The molecule has 0 aliphatic carbocycles. The van der Waals surface area contributed by atoms with Crippen molar-refractivity contribution in [1.82, 2.24) is 0 Å². The fourth-order valence-electron chi connectivity index (χ4n) is 2.10. The molecule has 0 saturated carbocycles. The molecule has 0 aliphatic heterocycles. The Balaban J connectivity index is 1.93. The molecular weight excluding hydrogens is 292 g/mol. The van der Waals surface area contributed by atoms with Gasteiger partial charge in [0.05, 0.1) is 5.56 Å². The molecule has 0 fully saturated rings. The van der Waals surface area contributed by atoms with Gasteiger partial charge in [0, 0.05) is 10.4 Å². The first-order valence-electron chi connectivity index (χ1n) is 6.27. The van der Waals surface area contributed by atoms with Gasteiger partial charge in [-0.2, -0.15) is 0 Å². The van der Waals surface area contributed by atoms with Gasteiger partial charge < -0.3 is 14.3 Å². The number of benzene rings is 2. The number of fused-ring (bicyclic) bond motifs is 1. The average molecular weight is 303 g/mol. The highest BCUT2D eigenvalue weighted by Gasteiger charge is 2.20. The minimum absolute atomic E-state index is 0.0924. The quantitative estimate of drug-likeness (QED) is 0.777. The number of rotatable bonds is 4. The van der Waals surface area contributed by atoms with Gasteiger partial charge in [-0.1, -0.05) is 29.8 Å². The maximum Gasteiger partial charge on any atom is 0.372 e. The third-order valence-electron chi connectivity index (χ3n) is 3.09. The Morgan fingerprint density at radius 2 is 1.86 bits per heavy atom. The van der Waals surface area contributed by atoms with Crippen LogP contribution in [0.4, 0.5) is 0 Å². The molecule has 0 atom stereocenters. The third kappa shape index (κ3) is 2.71. The first-order valence-corrected chi connectivity index (χ1v) is 6.65. The van der Waals surface area contributed by atoms with E-state index >= 15 is 0 Å². The molecule has 0 amide bonds. The van der Waals surface area contributed by atoms with Gasteiger partial charge in [0.15, 0.2) is 0 Å². The number of carbonyl (C=O) groups is 1. The fraction of sp³-hybridized carbons (Fsp3) is 0.0625. The minimum Gasteiger partial charge on any atom is -0.489 e. The van der Waals surface area contributed by atoms with Crippen molar-refractivity contribution in [2.24, 2.45) is 0 Å². The molecule has 3 rings (SSSR count). The topological polar surface area (TPSA) is 59.7 Å². The summed E-state index contributed by atoms with van der Waals surface area (Å²) in [7, 11) is 0. The molecule has 0 spiro atoms. The van der Waals surface area contributed by atoms with E-state index in [1.54, 1.807) is 36.4 Å². The van der Waals surface area contributed by atoms with Crippen LogP contribution in [0.15, 0.2) is 52.9 Å². The van der Waals surface area contributed by atoms with Gasteiger partial charge in [0.1, 0.15) is 17.9 Å². The summed E-state index contributed by atoms with van der Waals surface area (Å²) >= 11 is 5.81. The van der Waals surface area contributed by atoms with E-state index in [4.69, 9.17) is 20.8 Å². The number of furan rings is 1. The predicted octanol–water partition coefficient (Wildman–Crippen LogP) is 4.36. The summed E-state index contributed by atoms with van der Waals surface area (Å²) in [5, 5.41) is 10.6. The monoisotopic (exact) mass is 302 g/mol. The molecule has 0 radical (unpaired) electrons. The standard InChI is InChI=1S/C16H11ClO4/c17-10-5-7-11(8-6-10)20-9-13-12-3-1-2-4-14(12)21-15(13)16(18)19/h1-8H,9H2,(H,18,19). The molecule has 0 saturated heterocycles. The molecule has 0 aliphatic rings. The molecule has 21 heavy (non-hydrogen) atoms. The van der Waals surface area contributed by atoms with Crippen molar-refractivity contribution in [1.29, 1.82) is 0 Å². The van der Waals surface area contributed by atoms with Crippen molar-refractivity contribution < 1.29 is 19.1 Å². The Morgan fingerprint density at radius 1 is 1.14 bits per heavy atom. The largest absolute Gasteiger partial charge is 0.489 e. The van der Waals surface area contributed by atoms with E-state index in [0.717, 1.165) is 5.39 Å². The fourth-order valence-corrected chi connectivity index (χ4v) is 2.23. The van der Waals surface area contributed by atoms with E-state index in [0.29, 0.717) is 21.9 Å². The Bertz CT molecular complexity index is 790. The SMILES string of the molecule is O=C(O)c1oc2ccccc2c1COc1ccc(Cl)cc1.